The first-order valence-corrected chi connectivity index (χ1v) is 10.7. The first-order valence-electron chi connectivity index (χ1n) is 10.3. The molecule has 28 heavy (non-hydrogen) atoms. The maximum atomic E-state index is 12.7. The third-order valence-electron chi connectivity index (χ3n) is 5.68. The van der Waals surface area contributed by atoms with Crippen molar-refractivity contribution in [2.45, 2.75) is 63.6 Å². The van der Waals surface area contributed by atoms with Gasteiger partial charge in [0.1, 0.15) is 12.7 Å². The van der Waals surface area contributed by atoms with E-state index in [2.05, 4.69) is 20.1 Å². The second-order valence-electron chi connectivity index (χ2n) is 7.78. The fraction of sp³-hybridized carbons (Fsp3) is 0.700. The summed E-state index contributed by atoms with van der Waals surface area (Å²) in [7, 11) is 0. The number of rotatable bonds is 2. The largest absolute Gasteiger partial charge is 0.419 e. The smallest absolute Gasteiger partial charge is 0.360 e. The Morgan fingerprint density at radius 2 is 1.68 bits per heavy atom. The van der Waals surface area contributed by atoms with Crippen LogP contribution in [0, 0.1) is 0 Å². The lowest BCUT2D eigenvalue weighted by Gasteiger charge is -2.28. The SMILES string of the molecule is FC(F)(F)c1ccc(N2CCCN(C(=S)NC3CCCCCCC3)CC2)[nH+]c1. The number of hydrogen-bond acceptors (Lipinski definition) is 2. The summed E-state index contributed by atoms with van der Waals surface area (Å²) in [4.78, 5) is 7.10. The number of anilines is 1. The van der Waals surface area contributed by atoms with Gasteiger partial charge in [0.2, 0.25) is 0 Å². The van der Waals surface area contributed by atoms with Crippen LogP contribution >= 0.6 is 12.2 Å². The Kier molecular flexibility index (Phi) is 7.37. The third kappa shape index (κ3) is 5.96. The van der Waals surface area contributed by atoms with Crippen molar-refractivity contribution in [1.82, 2.24) is 10.2 Å². The summed E-state index contributed by atoms with van der Waals surface area (Å²) in [6, 6.07) is 3.12. The molecule has 1 aromatic heterocycles. The normalized spacial score (nSPS) is 20.2. The number of aromatic amines is 1. The first-order chi connectivity index (χ1) is 13.4. The zero-order valence-electron chi connectivity index (χ0n) is 16.2. The molecule has 1 aliphatic carbocycles. The molecule has 0 radical (unpaired) electrons. The predicted octanol–water partition coefficient (Wildman–Crippen LogP) is 4.02. The van der Waals surface area contributed by atoms with Crippen molar-refractivity contribution in [1.29, 1.82) is 0 Å². The topological polar surface area (TPSA) is 32.6 Å². The highest BCUT2D eigenvalue weighted by Gasteiger charge is 2.32. The van der Waals surface area contributed by atoms with Crippen LogP contribution in [0.3, 0.4) is 0 Å². The van der Waals surface area contributed by atoms with Crippen LogP contribution in [-0.4, -0.2) is 42.2 Å². The van der Waals surface area contributed by atoms with Gasteiger partial charge in [-0.3, -0.25) is 4.90 Å². The number of H-pyrrole nitrogens is 1. The van der Waals surface area contributed by atoms with Gasteiger partial charge in [0.05, 0.1) is 18.7 Å². The minimum Gasteiger partial charge on any atom is -0.360 e. The Hall–Kier alpha value is -1.57. The number of halogens is 3. The average molecular weight is 416 g/mol. The standard InChI is InChI=1S/C20H29F3N4S/c21-20(22,23)16-9-10-18(24-15-16)26-11-6-12-27(14-13-26)19(28)25-17-7-4-2-1-3-5-8-17/h9-10,15,17H,1-8,11-14H2,(H,25,28)/p+1. The number of nitrogens with one attached hydrogen (secondary N) is 2. The van der Waals surface area contributed by atoms with E-state index in [1.165, 1.54) is 51.0 Å². The van der Waals surface area contributed by atoms with E-state index in [1.54, 1.807) is 0 Å². The van der Waals surface area contributed by atoms with Crippen molar-refractivity contribution < 1.29 is 18.2 Å². The minimum atomic E-state index is -4.32. The molecule has 0 aromatic carbocycles. The molecular weight excluding hydrogens is 385 g/mol. The lowest BCUT2D eigenvalue weighted by atomic mass is 9.97. The van der Waals surface area contributed by atoms with Crippen LogP contribution in [-0.2, 0) is 6.18 Å². The van der Waals surface area contributed by atoms with Crippen molar-refractivity contribution >= 4 is 23.1 Å². The lowest BCUT2D eigenvalue weighted by molar-refractivity contribution is -0.367. The lowest BCUT2D eigenvalue weighted by Crippen LogP contribution is -2.46. The quantitative estimate of drug-likeness (QED) is 0.740. The van der Waals surface area contributed by atoms with E-state index >= 15 is 0 Å². The Morgan fingerprint density at radius 1 is 0.964 bits per heavy atom. The maximum absolute atomic E-state index is 12.7. The number of nitrogens with zero attached hydrogens (tertiary/aromatic N) is 2. The Bertz CT molecular complexity index is 627. The molecule has 4 nitrogen and oxygen atoms in total. The van der Waals surface area contributed by atoms with Crippen molar-refractivity contribution in [2.75, 3.05) is 31.1 Å². The molecule has 8 heteroatoms. The molecule has 0 unspecified atom stereocenters. The summed E-state index contributed by atoms with van der Waals surface area (Å²) in [5.41, 5.74) is -0.655. The molecular formula is C20H30F3N4S+. The molecule has 2 N–H and O–H groups in total. The van der Waals surface area contributed by atoms with Crippen LogP contribution in [0.4, 0.5) is 19.0 Å². The third-order valence-corrected chi connectivity index (χ3v) is 6.06. The van der Waals surface area contributed by atoms with Gasteiger partial charge in [-0.05, 0) is 31.1 Å². The van der Waals surface area contributed by atoms with E-state index in [-0.39, 0.29) is 0 Å². The zero-order chi connectivity index (χ0) is 20.0. The summed E-state index contributed by atoms with van der Waals surface area (Å²) in [5.74, 6) is 0.716. The van der Waals surface area contributed by atoms with Gasteiger partial charge in [-0.25, -0.2) is 4.98 Å². The van der Waals surface area contributed by atoms with Crippen LogP contribution < -0.4 is 15.2 Å². The Labute approximate surface area is 170 Å². The number of thiocarbonyl (C=S) groups is 1. The van der Waals surface area contributed by atoms with E-state index in [1.807, 2.05) is 0 Å². The molecule has 1 saturated heterocycles. The van der Waals surface area contributed by atoms with Crippen molar-refractivity contribution in [3.05, 3.63) is 23.9 Å². The van der Waals surface area contributed by atoms with Gasteiger partial charge in [-0.15, -0.1) is 0 Å². The summed E-state index contributed by atoms with van der Waals surface area (Å²) in [6.45, 7) is 3.17. The molecule has 3 rings (SSSR count). The number of aromatic nitrogens is 1. The zero-order valence-corrected chi connectivity index (χ0v) is 17.0. The summed E-state index contributed by atoms with van der Waals surface area (Å²) in [6.07, 6.45) is 6.50. The van der Waals surface area contributed by atoms with Gasteiger partial charge in [0.25, 0.3) is 5.82 Å². The molecule has 1 saturated carbocycles. The van der Waals surface area contributed by atoms with Crippen LogP contribution in [0.2, 0.25) is 0 Å². The Morgan fingerprint density at radius 3 is 2.32 bits per heavy atom. The van der Waals surface area contributed by atoms with E-state index < -0.39 is 11.7 Å². The maximum Gasteiger partial charge on any atom is 0.419 e. The molecule has 2 heterocycles. The number of hydrogen-bond donors (Lipinski definition) is 1. The van der Waals surface area contributed by atoms with Gasteiger partial charge in [0, 0.05) is 25.1 Å². The van der Waals surface area contributed by atoms with Crippen LogP contribution in [0.15, 0.2) is 18.3 Å². The van der Waals surface area contributed by atoms with E-state index in [0.29, 0.717) is 11.9 Å². The number of alkyl halides is 3. The van der Waals surface area contributed by atoms with Gasteiger partial charge in [-0.2, -0.15) is 13.2 Å². The van der Waals surface area contributed by atoms with Crippen molar-refractivity contribution in [3.63, 3.8) is 0 Å². The van der Waals surface area contributed by atoms with Crippen LogP contribution in [0.25, 0.3) is 0 Å². The van der Waals surface area contributed by atoms with E-state index in [9.17, 15) is 13.2 Å². The minimum absolute atomic E-state index is 0.468. The van der Waals surface area contributed by atoms with Gasteiger partial charge >= 0.3 is 6.18 Å². The molecule has 2 fully saturated rings. The Balaban J connectivity index is 1.53. The molecule has 156 valence electrons. The molecule has 2 aliphatic rings. The molecule has 1 aromatic rings. The van der Waals surface area contributed by atoms with Crippen LogP contribution in [0.5, 0.6) is 0 Å². The van der Waals surface area contributed by atoms with Crippen molar-refractivity contribution in [3.8, 4) is 0 Å². The fourth-order valence-electron chi connectivity index (χ4n) is 4.02. The fourth-order valence-corrected chi connectivity index (χ4v) is 4.37. The second-order valence-corrected chi connectivity index (χ2v) is 8.17. The molecule has 0 atom stereocenters. The average Bonchev–Trinajstić information content (AvgIpc) is 2.89. The highest BCUT2D eigenvalue weighted by molar-refractivity contribution is 7.80. The van der Waals surface area contributed by atoms with Crippen molar-refractivity contribution in [2.24, 2.45) is 0 Å². The summed E-state index contributed by atoms with van der Waals surface area (Å²) < 4.78 is 38.2. The summed E-state index contributed by atoms with van der Waals surface area (Å²) >= 11 is 5.67. The van der Waals surface area contributed by atoms with E-state index in [0.717, 1.165) is 50.0 Å². The molecule has 0 spiro atoms. The second kappa shape index (κ2) is 9.76. The highest BCUT2D eigenvalue weighted by Crippen LogP contribution is 2.28. The van der Waals surface area contributed by atoms with E-state index in [4.69, 9.17) is 12.2 Å². The highest BCUT2D eigenvalue weighted by atomic mass is 32.1. The summed E-state index contributed by atoms with van der Waals surface area (Å²) in [5, 5.41) is 4.39. The molecule has 1 aliphatic heterocycles. The van der Waals surface area contributed by atoms with Crippen LogP contribution in [0.1, 0.15) is 56.9 Å². The van der Waals surface area contributed by atoms with Gasteiger partial charge < -0.3 is 10.2 Å². The predicted molar refractivity (Wildman–Crippen MR) is 108 cm³/mol. The molecule has 0 amide bonds. The number of pyridine rings is 1. The monoisotopic (exact) mass is 415 g/mol. The molecule has 0 bridgehead atoms. The van der Waals surface area contributed by atoms with Gasteiger partial charge in [-0.1, -0.05) is 32.1 Å². The van der Waals surface area contributed by atoms with Gasteiger partial charge in [0.15, 0.2) is 5.11 Å². The first kappa shape index (κ1) is 21.1.